The molecule has 1 fully saturated rings. The van der Waals surface area contributed by atoms with Crippen molar-refractivity contribution in [3.05, 3.63) is 80.9 Å². The summed E-state index contributed by atoms with van der Waals surface area (Å²) in [7, 11) is 0. The number of aromatic amines is 1. The van der Waals surface area contributed by atoms with E-state index in [1.807, 2.05) is 35.8 Å². The zero-order valence-electron chi connectivity index (χ0n) is 16.4. The summed E-state index contributed by atoms with van der Waals surface area (Å²) in [5.74, 6) is 0. The van der Waals surface area contributed by atoms with Gasteiger partial charge in [-0.2, -0.15) is 0 Å². The van der Waals surface area contributed by atoms with Crippen molar-refractivity contribution in [2.24, 2.45) is 0 Å². The molecule has 0 amide bonds. The molecule has 5 heteroatoms. The monoisotopic (exact) mass is 395 g/mol. The fourth-order valence-electron chi connectivity index (χ4n) is 4.23. The Labute approximate surface area is 170 Å². The summed E-state index contributed by atoms with van der Waals surface area (Å²) in [4.78, 5) is 18.2. The molecule has 1 aromatic heterocycles. The van der Waals surface area contributed by atoms with Gasteiger partial charge in [0.2, 0.25) is 0 Å². The maximum absolute atomic E-state index is 12.7. The van der Waals surface area contributed by atoms with Crippen LogP contribution in [0.2, 0.25) is 5.02 Å². The van der Waals surface area contributed by atoms with Gasteiger partial charge in [-0.05, 0) is 55.5 Å². The molecule has 0 spiro atoms. The minimum absolute atomic E-state index is 0.0141. The molecular weight excluding hydrogens is 370 g/mol. The number of hydrogen-bond donors (Lipinski definition) is 1. The second kappa shape index (κ2) is 7.98. The van der Waals surface area contributed by atoms with Crippen molar-refractivity contribution >= 4 is 11.6 Å². The van der Waals surface area contributed by atoms with Crippen LogP contribution in [0, 0.1) is 13.8 Å². The summed E-state index contributed by atoms with van der Waals surface area (Å²) in [6.07, 6.45) is 1.98. The number of aromatic nitrogens is 2. The molecule has 4 nitrogen and oxygen atoms in total. The Kier molecular flexibility index (Phi) is 5.42. The average Bonchev–Trinajstić information content (AvgIpc) is 2.99. The second-order valence-corrected chi connectivity index (χ2v) is 8.14. The van der Waals surface area contributed by atoms with E-state index < -0.39 is 0 Å². The molecule has 0 unspecified atom stereocenters. The Morgan fingerprint density at radius 1 is 1.04 bits per heavy atom. The Bertz CT molecular complexity index is 1010. The molecule has 1 aliphatic heterocycles. The van der Waals surface area contributed by atoms with Crippen molar-refractivity contribution in [2.45, 2.75) is 39.3 Å². The Hall–Kier alpha value is -2.30. The molecule has 2 aromatic carbocycles. The lowest BCUT2D eigenvalue weighted by atomic mass is 10.0. The summed E-state index contributed by atoms with van der Waals surface area (Å²) in [5.41, 5.74) is 5.61. The molecule has 0 saturated carbocycles. The fraction of sp³-hybridized carbons (Fsp3) is 0.348. The lowest BCUT2D eigenvalue weighted by molar-refractivity contribution is 0.177. The fourth-order valence-corrected chi connectivity index (χ4v) is 4.36. The number of halogens is 1. The predicted octanol–water partition coefficient (Wildman–Crippen LogP) is 4.95. The topological polar surface area (TPSA) is 41.0 Å². The van der Waals surface area contributed by atoms with E-state index >= 15 is 0 Å². The van der Waals surface area contributed by atoms with Gasteiger partial charge < -0.3 is 4.98 Å². The first-order valence-electron chi connectivity index (χ1n) is 9.87. The number of imidazole rings is 1. The van der Waals surface area contributed by atoms with E-state index in [9.17, 15) is 4.79 Å². The summed E-state index contributed by atoms with van der Waals surface area (Å²) in [6, 6.07) is 16.4. The Balaban J connectivity index is 1.48. The smallest absolute Gasteiger partial charge is 0.305 e. The first-order valence-corrected chi connectivity index (χ1v) is 10.2. The number of hydrogen-bond acceptors (Lipinski definition) is 2. The molecule has 146 valence electrons. The maximum atomic E-state index is 12.7. The highest BCUT2D eigenvalue weighted by atomic mass is 35.5. The zero-order valence-corrected chi connectivity index (χ0v) is 17.2. The molecule has 0 bridgehead atoms. The number of aryl methyl sites for hydroxylation is 1. The highest BCUT2D eigenvalue weighted by molar-refractivity contribution is 6.30. The van der Waals surface area contributed by atoms with E-state index in [1.165, 1.54) is 11.1 Å². The van der Waals surface area contributed by atoms with E-state index in [2.05, 4.69) is 41.1 Å². The van der Waals surface area contributed by atoms with Gasteiger partial charge in [0.1, 0.15) is 0 Å². The van der Waals surface area contributed by atoms with E-state index in [-0.39, 0.29) is 11.7 Å². The van der Waals surface area contributed by atoms with Crippen LogP contribution in [-0.2, 0) is 6.54 Å². The largest absolute Gasteiger partial charge is 0.326 e. The van der Waals surface area contributed by atoms with E-state index in [0.717, 1.165) is 49.4 Å². The van der Waals surface area contributed by atoms with E-state index in [0.29, 0.717) is 5.02 Å². The van der Waals surface area contributed by atoms with Crippen LogP contribution in [0.15, 0.2) is 53.3 Å². The summed E-state index contributed by atoms with van der Waals surface area (Å²) in [6.45, 7) is 7.19. The van der Waals surface area contributed by atoms with Crippen molar-refractivity contribution in [3.63, 3.8) is 0 Å². The predicted molar refractivity (Wildman–Crippen MR) is 115 cm³/mol. The maximum Gasteiger partial charge on any atom is 0.326 e. The molecule has 3 aromatic rings. The standard InChI is InChI=1S/C23H26ClN3O/c1-16-5-3-4-6-19(16)15-26-13-11-21(12-14-26)27-17(2)22(25-23(27)28)18-7-9-20(24)10-8-18/h3-10,21H,11-15H2,1-2H3,(H,25,28). The lowest BCUT2D eigenvalue weighted by Gasteiger charge is -2.33. The summed E-state index contributed by atoms with van der Waals surface area (Å²) in [5, 5.41) is 0.698. The van der Waals surface area contributed by atoms with Crippen LogP contribution in [0.4, 0.5) is 0 Å². The molecule has 2 heterocycles. The normalized spacial score (nSPS) is 15.8. The number of likely N-dealkylation sites (tertiary alicyclic amines) is 1. The van der Waals surface area contributed by atoms with Gasteiger partial charge in [-0.3, -0.25) is 9.47 Å². The molecule has 28 heavy (non-hydrogen) atoms. The molecule has 0 atom stereocenters. The van der Waals surface area contributed by atoms with Gasteiger partial charge in [0.15, 0.2) is 0 Å². The zero-order chi connectivity index (χ0) is 19.7. The third-order valence-electron chi connectivity index (χ3n) is 5.88. The molecule has 0 radical (unpaired) electrons. The highest BCUT2D eigenvalue weighted by Crippen LogP contribution is 2.28. The number of rotatable bonds is 4. The minimum atomic E-state index is -0.0141. The van der Waals surface area contributed by atoms with Crippen LogP contribution in [0.25, 0.3) is 11.3 Å². The highest BCUT2D eigenvalue weighted by Gasteiger charge is 2.25. The molecule has 1 aliphatic rings. The quantitative estimate of drug-likeness (QED) is 0.678. The van der Waals surface area contributed by atoms with Crippen molar-refractivity contribution in [3.8, 4) is 11.3 Å². The van der Waals surface area contributed by atoms with Crippen LogP contribution >= 0.6 is 11.6 Å². The van der Waals surface area contributed by atoms with Crippen molar-refractivity contribution in [2.75, 3.05) is 13.1 Å². The van der Waals surface area contributed by atoms with Crippen LogP contribution in [-0.4, -0.2) is 27.5 Å². The van der Waals surface area contributed by atoms with Gasteiger partial charge in [-0.1, -0.05) is 48.0 Å². The van der Waals surface area contributed by atoms with E-state index in [1.54, 1.807) is 0 Å². The lowest BCUT2D eigenvalue weighted by Crippen LogP contribution is -2.37. The summed E-state index contributed by atoms with van der Waals surface area (Å²) < 4.78 is 1.95. The number of H-pyrrole nitrogens is 1. The number of nitrogens with zero attached hydrogens (tertiary/aromatic N) is 2. The first-order chi connectivity index (χ1) is 13.5. The third-order valence-corrected chi connectivity index (χ3v) is 6.14. The second-order valence-electron chi connectivity index (χ2n) is 7.70. The van der Waals surface area contributed by atoms with Crippen LogP contribution in [0.5, 0.6) is 0 Å². The average molecular weight is 396 g/mol. The van der Waals surface area contributed by atoms with Crippen LogP contribution < -0.4 is 5.69 Å². The first kappa shape index (κ1) is 19.0. The number of nitrogens with one attached hydrogen (secondary N) is 1. The van der Waals surface area contributed by atoms with Crippen molar-refractivity contribution in [1.82, 2.24) is 14.5 Å². The summed E-state index contributed by atoms with van der Waals surface area (Å²) >= 11 is 6.00. The number of benzene rings is 2. The Morgan fingerprint density at radius 2 is 1.71 bits per heavy atom. The molecule has 1 N–H and O–H groups in total. The molecular formula is C23H26ClN3O. The van der Waals surface area contributed by atoms with Crippen LogP contribution in [0.1, 0.15) is 35.7 Å². The third kappa shape index (κ3) is 3.80. The molecule has 4 rings (SSSR count). The van der Waals surface area contributed by atoms with Gasteiger partial charge in [0.05, 0.1) is 5.69 Å². The van der Waals surface area contributed by atoms with Gasteiger partial charge >= 0.3 is 5.69 Å². The van der Waals surface area contributed by atoms with Crippen LogP contribution in [0.3, 0.4) is 0 Å². The molecule has 1 saturated heterocycles. The minimum Gasteiger partial charge on any atom is -0.305 e. The Morgan fingerprint density at radius 3 is 2.39 bits per heavy atom. The van der Waals surface area contributed by atoms with Gasteiger partial charge in [0, 0.05) is 36.4 Å². The van der Waals surface area contributed by atoms with Gasteiger partial charge in [-0.15, -0.1) is 0 Å². The van der Waals surface area contributed by atoms with Gasteiger partial charge in [-0.25, -0.2) is 4.79 Å². The van der Waals surface area contributed by atoms with E-state index in [4.69, 9.17) is 11.6 Å². The van der Waals surface area contributed by atoms with Crippen molar-refractivity contribution in [1.29, 1.82) is 0 Å². The van der Waals surface area contributed by atoms with Gasteiger partial charge in [0.25, 0.3) is 0 Å². The number of piperidine rings is 1. The SMILES string of the molecule is Cc1ccccc1CN1CCC(n2c(C)c(-c3ccc(Cl)cc3)[nH]c2=O)CC1. The molecule has 0 aliphatic carbocycles. The van der Waals surface area contributed by atoms with Crippen molar-refractivity contribution < 1.29 is 0 Å².